The molecule has 31 heavy (non-hydrogen) atoms. The Labute approximate surface area is 188 Å². The normalized spacial score (nSPS) is 10.6. The minimum atomic E-state index is -4.36. The maximum absolute atomic E-state index is 13.9. The van der Waals surface area contributed by atoms with Crippen LogP contribution in [0, 0.1) is 24.6 Å². The number of alkyl halides is 3. The van der Waals surface area contributed by atoms with E-state index in [0.29, 0.717) is 11.4 Å². The first-order chi connectivity index (χ1) is 14.3. The largest absolute Gasteiger partial charge is 2.00 e. The fourth-order valence-electron chi connectivity index (χ4n) is 2.42. The SMILES string of the molecule is Cc1cc(C(F)(F)F)n[n-]1.Fc1cc(F)c(-c2ccccn2)[c-]c1-c1ccccn1.[Pt+2]. The first-order valence-corrected chi connectivity index (χ1v) is 8.54. The van der Waals surface area contributed by atoms with Gasteiger partial charge in [0.2, 0.25) is 0 Å². The van der Waals surface area contributed by atoms with Crippen molar-refractivity contribution in [2.24, 2.45) is 0 Å². The molecule has 4 aromatic rings. The summed E-state index contributed by atoms with van der Waals surface area (Å²) in [6.45, 7) is 1.46. The first-order valence-electron chi connectivity index (χ1n) is 8.54. The standard InChI is InChI=1S/C16H9F2N2.C5H4F3N2.Pt/c17-13-10-14(18)12(16-6-2-4-8-20-16)9-11(13)15-5-1-3-7-19-15;1-3-2-4(10-9-3)5(6,7)8;/h1-8,10H;2H,1H3;/q2*-1;+2. The second-order valence-corrected chi connectivity index (χ2v) is 6.01. The van der Waals surface area contributed by atoms with Gasteiger partial charge in [-0.1, -0.05) is 54.4 Å². The van der Waals surface area contributed by atoms with Gasteiger partial charge in [0.1, 0.15) is 5.69 Å². The van der Waals surface area contributed by atoms with Crippen molar-refractivity contribution in [1.29, 1.82) is 0 Å². The Morgan fingerprint density at radius 2 is 1.35 bits per heavy atom. The van der Waals surface area contributed by atoms with Crippen molar-refractivity contribution in [1.82, 2.24) is 20.2 Å². The topological polar surface area (TPSA) is 52.8 Å². The van der Waals surface area contributed by atoms with Crippen LogP contribution in [0.1, 0.15) is 11.4 Å². The van der Waals surface area contributed by atoms with Gasteiger partial charge >= 0.3 is 27.2 Å². The van der Waals surface area contributed by atoms with Crippen LogP contribution in [0.2, 0.25) is 0 Å². The van der Waals surface area contributed by atoms with Gasteiger partial charge in [0.25, 0.3) is 0 Å². The van der Waals surface area contributed by atoms with Crippen LogP contribution in [-0.2, 0) is 27.2 Å². The van der Waals surface area contributed by atoms with Crippen LogP contribution in [0.15, 0.2) is 60.9 Å². The second-order valence-electron chi connectivity index (χ2n) is 6.01. The number of hydrogen-bond acceptors (Lipinski definition) is 3. The van der Waals surface area contributed by atoms with Crippen LogP contribution < -0.4 is 5.10 Å². The number of aromatic nitrogens is 4. The van der Waals surface area contributed by atoms with Gasteiger partial charge in [-0.05, 0) is 12.1 Å². The first kappa shape index (κ1) is 24.3. The van der Waals surface area contributed by atoms with E-state index < -0.39 is 23.5 Å². The van der Waals surface area contributed by atoms with Gasteiger partial charge in [-0.25, -0.2) is 0 Å². The number of rotatable bonds is 2. The molecule has 0 saturated carbocycles. The number of aryl methyl sites for hydroxylation is 1. The number of hydrogen-bond donors (Lipinski definition) is 0. The maximum Gasteiger partial charge on any atom is 2.00 e. The van der Waals surface area contributed by atoms with Crippen molar-refractivity contribution in [2.75, 3.05) is 0 Å². The molecular formula is C21H13F5N4Pt. The van der Waals surface area contributed by atoms with E-state index in [1.807, 2.05) is 0 Å². The Balaban J connectivity index is 0.000000264. The van der Waals surface area contributed by atoms with E-state index in [1.54, 1.807) is 48.8 Å². The summed E-state index contributed by atoms with van der Waals surface area (Å²) < 4.78 is 62.9. The van der Waals surface area contributed by atoms with E-state index in [-0.39, 0.29) is 37.9 Å². The summed E-state index contributed by atoms with van der Waals surface area (Å²) in [4.78, 5) is 8.12. The zero-order chi connectivity index (χ0) is 21.7. The van der Waals surface area contributed by atoms with Crippen LogP contribution >= 0.6 is 0 Å². The molecule has 0 aliphatic heterocycles. The van der Waals surface area contributed by atoms with Crippen LogP contribution in [0.25, 0.3) is 22.5 Å². The molecular weight excluding hydrogens is 598 g/mol. The van der Waals surface area contributed by atoms with Crippen molar-refractivity contribution < 1.29 is 43.0 Å². The molecule has 0 N–H and O–H groups in total. The number of halogens is 5. The molecule has 4 nitrogen and oxygen atoms in total. The minimum Gasteiger partial charge on any atom is -0.579 e. The molecule has 0 bridgehead atoms. The smallest absolute Gasteiger partial charge is 0.579 e. The monoisotopic (exact) mass is 611 g/mol. The van der Waals surface area contributed by atoms with Gasteiger partial charge in [-0.2, -0.15) is 13.2 Å². The zero-order valence-corrected chi connectivity index (χ0v) is 18.0. The quantitative estimate of drug-likeness (QED) is 0.230. The van der Waals surface area contributed by atoms with Gasteiger partial charge in [-0.15, -0.1) is 11.8 Å². The van der Waals surface area contributed by atoms with E-state index in [4.69, 9.17) is 0 Å². The molecule has 0 amide bonds. The van der Waals surface area contributed by atoms with Gasteiger partial charge in [0.15, 0.2) is 0 Å². The number of pyridine rings is 2. The van der Waals surface area contributed by atoms with Crippen molar-refractivity contribution in [3.05, 3.63) is 90.0 Å². The van der Waals surface area contributed by atoms with Crippen LogP contribution in [0.3, 0.4) is 0 Å². The zero-order valence-electron chi connectivity index (χ0n) is 15.8. The molecule has 0 fully saturated rings. The number of benzene rings is 1. The van der Waals surface area contributed by atoms with Crippen molar-refractivity contribution in [3.8, 4) is 22.5 Å². The third-order valence-electron chi connectivity index (χ3n) is 3.77. The van der Waals surface area contributed by atoms with Crippen molar-refractivity contribution >= 4 is 0 Å². The summed E-state index contributed by atoms with van der Waals surface area (Å²) in [7, 11) is 0. The molecule has 3 heterocycles. The van der Waals surface area contributed by atoms with Crippen molar-refractivity contribution in [2.45, 2.75) is 13.1 Å². The van der Waals surface area contributed by atoms with Crippen LogP contribution in [0.5, 0.6) is 0 Å². The van der Waals surface area contributed by atoms with Crippen molar-refractivity contribution in [3.63, 3.8) is 0 Å². The van der Waals surface area contributed by atoms with Gasteiger partial charge in [0, 0.05) is 23.8 Å². The van der Waals surface area contributed by atoms with Crippen LogP contribution in [0.4, 0.5) is 22.0 Å². The molecule has 1 aromatic carbocycles. The van der Waals surface area contributed by atoms with E-state index in [0.717, 1.165) is 12.1 Å². The Kier molecular flexibility index (Phi) is 8.16. The third-order valence-corrected chi connectivity index (χ3v) is 3.77. The molecule has 0 unspecified atom stereocenters. The molecule has 0 spiro atoms. The van der Waals surface area contributed by atoms with E-state index >= 15 is 0 Å². The maximum atomic E-state index is 13.9. The Bertz CT molecular complexity index is 1060. The predicted molar refractivity (Wildman–Crippen MR) is 99.0 cm³/mol. The van der Waals surface area contributed by atoms with E-state index in [2.05, 4.69) is 26.2 Å². The van der Waals surface area contributed by atoms with Gasteiger partial charge < -0.3 is 10.2 Å². The average Bonchev–Trinajstić information content (AvgIpc) is 3.17. The van der Waals surface area contributed by atoms with E-state index in [1.165, 1.54) is 6.92 Å². The molecule has 0 atom stereocenters. The second kappa shape index (κ2) is 10.4. The average molecular weight is 611 g/mol. The number of nitrogens with zero attached hydrogens (tertiary/aromatic N) is 4. The summed E-state index contributed by atoms with van der Waals surface area (Å²) in [5.74, 6) is -1.39. The van der Waals surface area contributed by atoms with Gasteiger partial charge in [0.05, 0.1) is 11.6 Å². The molecule has 4 rings (SSSR count). The minimum absolute atomic E-state index is 0. The van der Waals surface area contributed by atoms with E-state index in [9.17, 15) is 22.0 Å². The molecule has 0 aliphatic carbocycles. The molecule has 162 valence electrons. The van der Waals surface area contributed by atoms with Gasteiger partial charge in [-0.3, -0.25) is 18.7 Å². The Morgan fingerprint density at radius 1 is 0.839 bits per heavy atom. The molecule has 0 radical (unpaired) electrons. The Hall–Kier alpha value is -2.93. The molecule has 0 saturated heterocycles. The predicted octanol–water partition coefficient (Wildman–Crippen LogP) is 5.25. The third kappa shape index (κ3) is 6.27. The fourth-order valence-corrected chi connectivity index (χ4v) is 2.42. The summed E-state index contributed by atoms with van der Waals surface area (Å²) in [5, 5.41) is 6.13. The molecule has 0 aliphatic rings. The molecule has 10 heteroatoms. The molecule has 3 aromatic heterocycles. The summed E-state index contributed by atoms with van der Waals surface area (Å²) in [5.41, 5.74) is 0.432. The summed E-state index contributed by atoms with van der Waals surface area (Å²) in [6.07, 6.45) is -1.26. The fraction of sp³-hybridized carbons (Fsp3) is 0.0952. The van der Waals surface area contributed by atoms with Crippen LogP contribution in [-0.4, -0.2) is 15.1 Å². The summed E-state index contributed by atoms with van der Waals surface area (Å²) >= 11 is 0. The Morgan fingerprint density at radius 3 is 1.68 bits per heavy atom. The summed E-state index contributed by atoms with van der Waals surface area (Å²) in [6, 6.07) is 14.7.